The van der Waals surface area contributed by atoms with Gasteiger partial charge in [0.2, 0.25) is 0 Å². The minimum absolute atomic E-state index is 0.470. The highest BCUT2D eigenvalue weighted by Crippen LogP contribution is 2.31. The quantitative estimate of drug-likeness (QED) is 0.813. The molecule has 0 radical (unpaired) electrons. The van der Waals surface area contributed by atoms with Gasteiger partial charge in [-0.3, -0.25) is 0 Å². The molecule has 0 heterocycles. The Morgan fingerprint density at radius 2 is 2.00 bits per heavy atom. The second-order valence-corrected chi connectivity index (χ2v) is 4.51. The molecule has 0 atom stereocenters. The predicted octanol–water partition coefficient (Wildman–Crippen LogP) is 3.39. The first-order valence-electron chi connectivity index (χ1n) is 5.68. The third kappa shape index (κ3) is 2.65. The topological polar surface area (TPSA) is 21.3 Å². The van der Waals surface area contributed by atoms with E-state index in [2.05, 4.69) is 37.4 Å². The minimum Gasteiger partial charge on any atom is -0.490 e. The second-order valence-electron chi connectivity index (χ2n) is 4.51. The SMILES string of the molecule is CNc1cc(OC2CC2)cc(C(C)C)c1. The van der Waals surface area contributed by atoms with Crippen molar-refractivity contribution < 1.29 is 4.74 Å². The van der Waals surface area contributed by atoms with Gasteiger partial charge in [-0.2, -0.15) is 0 Å². The van der Waals surface area contributed by atoms with E-state index >= 15 is 0 Å². The van der Waals surface area contributed by atoms with Crippen molar-refractivity contribution in [1.82, 2.24) is 0 Å². The van der Waals surface area contributed by atoms with E-state index in [9.17, 15) is 0 Å². The van der Waals surface area contributed by atoms with Crippen molar-refractivity contribution in [3.8, 4) is 5.75 Å². The highest BCUT2D eigenvalue weighted by Gasteiger charge is 2.23. The van der Waals surface area contributed by atoms with Gasteiger partial charge in [-0.05, 0) is 36.5 Å². The summed E-state index contributed by atoms with van der Waals surface area (Å²) < 4.78 is 5.82. The van der Waals surface area contributed by atoms with Crippen molar-refractivity contribution in [2.24, 2.45) is 0 Å². The molecule has 0 aromatic heterocycles. The fourth-order valence-corrected chi connectivity index (χ4v) is 1.55. The van der Waals surface area contributed by atoms with Crippen LogP contribution in [0.4, 0.5) is 5.69 Å². The number of nitrogens with one attached hydrogen (secondary N) is 1. The fraction of sp³-hybridized carbons (Fsp3) is 0.538. The van der Waals surface area contributed by atoms with E-state index in [0.29, 0.717) is 12.0 Å². The first-order valence-corrected chi connectivity index (χ1v) is 5.68. The Morgan fingerprint density at radius 3 is 2.53 bits per heavy atom. The first-order chi connectivity index (χ1) is 7.19. The molecule has 0 spiro atoms. The monoisotopic (exact) mass is 205 g/mol. The standard InChI is InChI=1S/C13H19NO/c1-9(2)10-6-11(14-3)8-13(7-10)15-12-4-5-12/h6-9,12,14H,4-5H2,1-3H3. The van der Waals surface area contributed by atoms with E-state index in [1.807, 2.05) is 7.05 Å². The van der Waals surface area contributed by atoms with Crippen LogP contribution in [0.15, 0.2) is 18.2 Å². The summed E-state index contributed by atoms with van der Waals surface area (Å²) in [5, 5.41) is 3.18. The van der Waals surface area contributed by atoms with Crippen molar-refractivity contribution in [2.45, 2.75) is 38.7 Å². The molecule has 0 amide bonds. The lowest BCUT2D eigenvalue weighted by Gasteiger charge is -2.12. The van der Waals surface area contributed by atoms with E-state index in [4.69, 9.17) is 4.74 Å². The summed E-state index contributed by atoms with van der Waals surface area (Å²) in [4.78, 5) is 0. The molecule has 2 nitrogen and oxygen atoms in total. The van der Waals surface area contributed by atoms with Crippen molar-refractivity contribution in [2.75, 3.05) is 12.4 Å². The molecule has 0 bridgehead atoms. The number of anilines is 1. The van der Waals surface area contributed by atoms with E-state index < -0.39 is 0 Å². The van der Waals surface area contributed by atoms with Crippen LogP contribution in [0.25, 0.3) is 0 Å². The van der Waals surface area contributed by atoms with Crippen LogP contribution in [0.1, 0.15) is 38.2 Å². The molecule has 0 aliphatic heterocycles. The van der Waals surface area contributed by atoms with Gasteiger partial charge in [-0.25, -0.2) is 0 Å². The molecule has 1 fully saturated rings. The van der Waals surface area contributed by atoms with Crippen LogP contribution in [0, 0.1) is 0 Å². The average Bonchev–Trinajstić information content (AvgIpc) is 3.01. The van der Waals surface area contributed by atoms with Crippen LogP contribution in [-0.2, 0) is 0 Å². The van der Waals surface area contributed by atoms with Gasteiger partial charge < -0.3 is 10.1 Å². The maximum Gasteiger partial charge on any atom is 0.122 e. The van der Waals surface area contributed by atoms with E-state index in [-0.39, 0.29) is 0 Å². The first kappa shape index (κ1) is 10.3. The molecular weight excluding hydrogens is 186 g/mol. The average molecular weight is 205 g/mol. The van der Waals surface area contributed by atoms with Crippen LogP contribution in [0.3, 0.4) is 0 Å². The van der Waals surface area contributed by atoms with Gasteiger partial charge in [0.1, 0.15) is 5.75 Å². The third-order valence-corrected chi connectivity index (χ3v) is 2.71. The highest BCUT2D eigenvalue weighted by molar-refractivity contribution is 5.51. The van der Waals surface area contributed by atoms with E-state index in [1.165, 1.54) is 18.4 Å². The molecule has 1 aliphatic carbocycles. The zero-order valence-electron chi connectivity index (χ0n) is 9.71. The lowest BCUT2D eigenvalue weighted by Crippen LogP contribution is -1.99. The second kappa shape index (κ2) is 4.13. The number of benzene rings is 1. The van der Waals surface area contributed by atoms with Crippen molar-refractivity contribution in [3.63, 3.8) is 0 Å². The summed E-state index contributed by atoms with van der Waals surface area (Å²) in [7, 11) is 1.94. The number of rotatable bonds is 4. The van der Waals surface area contributed by atoms with Crippen molar-refractivity contribution in [3.05, 3.63) is 23.8 Å². The number of ether oxygens (including phenoxy) is 1. The van der Waals surface area contributed by atoms with Crippen LogP contribution in [-0.4, -0.2) is 13.2 Å². The summed E-state index contributed by atoms with van der Waals surface area (Å²) in [6.07, 6.45) is 2.89. The molecule has 1 aromatic rings. The van der Waals surface area contributed by atoms with Crippen LogP contribution in [0.2, 0.25) is 0 Å². The number of hydrogen-bond donors (Lipinski definition) is 1. The number of hydrogen-bond acceptors (Lipinski definition) is 2. The van der Waals surface area contributed by atoms with Gasteiger partial charge >= 0.3 is 0 Å². The Kier molecular flexibility index (Phi) is 2.85. The Labute approximate surface area is 91.6 Å². The maximum atomic E-state index is 5.82. The Morgan fingerprint density at radius 1 is 1.27 bits per heavy atom. The van der Waals surface area contributed by atoms with Gasteiger partial charge in [0.15, 0.2) is 0 Å². The molecule has 1 saturated carbocycles. The minimum atomic E-state index is 0.470. The molecule has 15 heavy (non-hydrogen) atoms. The largest absolute Gasteiger partial charge is 0.490 e. The molecule has 2 rings (SSSR count). The fourth-order valence-electron chi connectivity index (χ4n) is 1.55. The molecule has 1 aromatic carbocycles. The summed E-state index contributed by atoms with van der Waals surface area (Å²) >= 11 is 0. The molecule has 2 heteroatoms. The van der Waals surface area contributed by atoms with Crippen LogP contribution >= 0.6 is 0 Å². The third-order valence-electron chi connectivity index (χ3n) is 2.71. The molecule has 0 saturated heterocycles. The van der Waals surface area contributed by atoms with E-state index in [1.54, 1.807) is 0 Å². The predicted molar refractivity (Wildman–Crippen MR) is 63.7 cm³/mol. The van der Waals surface area contributed by atoms with Gasteiger partial charge in [-0.15, -0.1) is 0 Å². The summed E-state index contributed by atoms with van der Waals surface area (Å²) in [6.45, 7) is 4.41. The smallest absolute Gasteiger partial charge is 0.122 e. The highest BCUT2D eigenvalue weighted by atomic mass is 16.5. The van der Waals surface area contributed by atoms with Gasteiger partial charge in [-0.1, -0.05) is 13.8 Å². The van der Waals surface area contributed by atoms with Gasteiger partial charge in [0.25, 0.3) is 0 Å². The Hall–Kier alpha value is -1.18. The molecular formula is C13H19NO. The lowest BCUT2D eigenvalue weighted by atomic mass is 10.0. The van der Waals surface area contributed by atoms with Crippen LogP contribution in [0.5, 0.6) is 5.75 Å². The molecule has 82 valence electrons. The summed E-state index contributed by atoms with van der Waals surface area (Å²) in [5.41, 5.74) is 2.47. The molecule has 1 aliphatic rings. The van der Waals surface area contributed by atoms with Crippen LogP contribution < -0.4 is 10.1 Å². The molecule has 0 unspecified atom stereocenters. The van der Waals surface area contributed by atoms with Crippen molar-refractivity contribution in [1.29, 1.82) is 0 Å². The Balaban J connectivity index is 2.23. The molecule has 1 N–H and O–H groups in total. The zero-order valence-corrected chi connectivity index (χ0v) is 9.71. The summed E-state index contributed by atoms with van der Waals surface area (Å²) in [6, 6.07) is 6.42. The summed E-state index contributed by atoms with van der Waals surface area (Å²) in [5.74, 6) is 1.55. The van der Waals surface area contributed by atoms with Crippen molar-refractivity contribution >= 4 is 5.69 Å². The lowest BCUT2D eigenvalue weighted by molar-refractivity contribution is 0.303. The van der Waals surface area contributed by atoms with Gasteiger partial charge in [0, 0.05) is 18.8 Å². The Bertz CT molecular complexity index is 342. The van der Waals surface area contributed by atoms with Gasteiger partial charge in [0.05, 0.1) is 6.10 Å². The maximum absolute atomic E-state index is 5.82. The normalized spacial score (nSPS) is 15.5. The van der Waals surface area contributed by atoms with E-state index in [0.717, 1.165) is 11.4 Å². The zero-order chi connectivity index (χ0) is 10.8.